The van der Waals surface area contributed by atoms with E-state index in [-0.39, 0.29) is 174 Å². The predicted octanol–water partition coefficient (Wildman–Crippen LogP) is 6.67. The Hall–Kier alpha value is -3.92. The number of β-amino-alcohol motifs (C(OH)–C–C–N with tert-alkyl or cyclic N) is 1. The lowest BCUT2D eigenvalue weighted by molar-refractivity contribution is -0.206. The van der Waals surface area contributed by atoms with Gasteiger partial charge in [0.25, 0.3) is 0 Å². The van der Waals surface area contributed by atoms with Gasteiger partial charge in [-0.05, 0) is 89.9 Å². The van der Waals surface area contributed by atoms with Crippen LogP contribution in [0.1, 0.15) is 284 Å². The van der Waals surface area contributed by atoms with Gasteiger partial charge in [0.05, 0.1) is 115 Å². The average Bonchev–Trinajstić information content (AvgIpc) is 1.18. The lowest BCUT2D eigenvalue weighted by Gasteiger charge is -2.41. The number of aliphatic hydroxyl groups is 10. The van der Waals surface area contributed by atoms with Gasteiger partial charge in [0.1, 0.15) is 65.5 Å². The van der Waals surface area contributed by atoms with Crippen molar-refractivity contribution < 1.29 is 123 Å². The van der Waals surface area contributed by atoms with Crippen LogP contribution in [0.5, 0.6) is 0 Å². The highest BCUT2D eigenvalue weighted by molar-refractivity contribution is 5.81. The van der Waals surface area contributed by atoms with Gasteiger partial charge in [-0.3, -0.25) is 38.4 Å². The van der Waals surface area contributed by atoms with Crippen molar-refractivity contribution in [3.05, 3.63) is 0 Å². The highest BCUT2D eigenvalue weighted by Crippen LogP contribution is 2.34. The van der Waals surface area contributed by atoms with Gasteiger partial charge in [-0.2, -0.15) is 0 Å². The molecule has 0 aromatic rings. The number of aliphatic hydroxyl groups excluding tert-OH is 10. The predicted molar refractivity (Wildman–Crippen MR) is 419 cm³/mol. The minimum atomic E-state index is -1.14. The smallest absolute Gasteiger partial charge is 0.222 e. The van der Waals surface area contributed by atoms with Crippen LogP contribution < -0.4 is 10.6 Å². The number of carbonyl (C=O) groups excluding carboxylic acids is 8. The molecule has 15 unspecified atom stereocenters. The maximum Gasteiger partial charge on any atom is 0.222 e. The second kappa shape index (κ2) is 58.9. The van der Waals surface area contributed by atoms with Crippen molar-refractivity contribution in [1.82, 2.24) is 15.5 Å². The topological polar surface area (TPSA) is 431 Å². The van der Waals surface area contributed by atoms with Crippen LogP contribution in [0.25, 0.3) is 0 Å². The molecule has 4 saturated heterocycles. The normalized spacial score (nSPS) is 26.6. The number of hydrogen-bond acceptors (Lipinski definition) is 25. The van der Waals surface area contributed by atoms with Gasteiger partial charge in [0.2, 0.25) is 17.7 Å². The van der Waals surface area contributed by atoms with Crippen LogP contribution in [-0.4, -0.2) is 281 Å². The molecule has 0 aromatic heterocycles. The third-order valence-electron chi connectivity index (χ3n) is 23.2. The highest BCUT2D eigenvalue weighted by atomic mass is 16.5. The van der Waals surface area contributed by atoms with Gasteiger partial charge in [-0.15, -0.1) is 0 Å². The number of rotatable bonds is 67. The van der Waals surface area contributed by atoms with Crippen molar-refractivity contribution >= 4 is 46.6 Å². The molecular weight excluding hydrogens is 1450 g/mol. The summed E-state index contributed by atoms with van der Waals surface area (Å²) in [6, 6.07) is -0.0972. The van der Waals surface area contributed by atoms with Crippen LogP contribution in [0.2, 0.25) is 0 Å². The molecule has 12 N–H and O–H groups in total. The number of carbonyl (C=O) groups is 8. The quantitative estimate of drug-likeness (QED) is 0.0283. The summed E-state index contributed by atoms with van der Waals surface area (Å²) in [5.74, 6) is -0.927. The van der Waals surface area contributed by atoms with Gasteiger partial charge < -0.3 is 99.8 Å². The zero-order valence-corrected chi connectivity index (χ0v) is 68.5. The number of likely N-dealkylation sites (tertiary alicyclic amines) is 1. The number of nitrogens with one attached hydrogen (secondary N) is 2. The zero-order valence-electron chi connectivity index (χ0n) is 68.5. The van der Waals surface area contributed by atoms with Gasteiger partial charge in [0, 0.05) is 133 Å². The van der Waals surface area contributed by atoms with Gasteiger partial charge in [-0.1, -0.05) is 111 Å². The summed E-state index contributed by atoms with van der Waals surface area (Å²) in [6.07, 6.45) is 14.0. The molecule has 4 fully saturated rings. The van der Waals surface area contributed by atoms with Crippen molar-refractivity contribution in [2.45, 2.75) is 369 Å². The Kier molecular flexibility index (Phi) is 52.8. The second-order valence-corrected chi connectivity index (χ2v) is 32.8. The molecular formula is C84H149N3O25. The Bertz CT molecular complexity index is 2390. The summed E-state index contributed by atoms with van der Waals surface area (Å²) in [5.41, 5.74) is -1.06. The average molecular weight is 1600 g/mol. The van der Waals surface area contributed by atoms with Gasteiger partial charge >= 0.3 is 0 Å². The molecule has 0 radical (unpaired) electrons. The van der Waals surface area contributed by atoms with Gasteiger partial charge in [0.15, 0.2) is 0 Å². The molecule has 112 heavy (non-hydrogen) atoms. The summed E-state index contributed by atoms with van der Waals surface area (Å²) >= 11 is 0. The molecule has 0 saturated carbocycles. The van der Waals surface area contributed by atoms with Crippen LogP contribution in [-0.2, 0) is 71.5 Å². The first kappa shape index (κ1) is 100. The highest BCUT2D eigenvalue weighted by Gasteiger charge is 2.44. The third kappa shape index (κ3) is 40.0. The van der Waals surface area contributed by atoms with E-state index in [1.54, 1.807) is 18.9 Å². The molecule has 0 bridgehead atoms. The van der Waals surface area contributed by atoms with Crippen LogP contribution in [0.4, 0.5) is 0 Å². The first-order chi connectivity index (χ1) is 53.9. The van der Waals surface area contributed by atoms with E-state index in [0.29, 0.717) is 180 Å². The molecule has 3 amide bonds. The van der Waals surface area contributed by atoms with Crippen LogP contribution in [0.15, 0.2) is 0 Å². The molecule has 28 nitrogen and oxygen atoms in total. The number of nitrogens with zero attached hydrogens (tertiary/aromatic N) is 1. The van der Waals surface area contributed by atoms with Crippen LogP contribution >= 0.6 is 0 Å². The van der Waals surface area contributed by atoms with E-state index in [1.807, 2.05) is 13.8 Å². The lowest BCUT2D eigenvalue weighted by atomic mass is 9.83. The number of amides is 3. The van der Waals surface area contributed by atoms with E-state index in [2.05, 4.69) is 10.6 Å². The Labute approximate surface area is 667 Å². The van der Waals surface area contributed by atoms with E-state index >= 15 is 0 Å². The molecule has 4 rings (SSSR count). The number of hydrogen-bond donors (Lipinski definition) is 12. The standard InChI is InChI=1S/C84H149N3O25/c1-59-69(110-72(52-88)81(103)78(59)100)36-23-13-21-31-63(91)29-17-11-19-33-65(93)41-46-107-56-84(50-67(95)35-16-9-7-5-6-8-10-27-40-77(99)87-51-68(96)49-62(87)55-106-4,57-108-47-42-66(94)34-20-12-18-30-64(92)32-22-14-24-37-70-60(2)79(101)82(104)73(53-89)111-70)58-109-48-43-76(98)86-45-28-44-85-75(97)39-26-15-25-38-71-61(3)80(102)83(105)74(54-90)112-71/h59-62,68-74,78-83,88-90,96,100-105H,5-58H2,1-4H3,(H,85,97)(H,86,98)/t59?,60?,61?,62-,68+,69?,70?,71?,72?,73?,74?,78?,79?,80?,81?,82?,83?,84?/m0/s1. The minimum absolute atomic E-state index is 0.000354. The molecule has 4 heterocycles. The molecule has 0 aliphatic carbocycles. The summed E-state index contributed by atoms with van der Waals surface area (Å²) in [4.78, 5) is 107. The fourth-order valence-electron chi connectivity index (χ4n) is 15.9. The van der Waals surface area contributed by atoms with E-state index in [1.165, 1.54) is 0 Å². The second-order valence-electron chi connectivity index (χ2n) is 32.8. The van der Waals surface area contributed by atoms with Crippen molar-refractivity contribution in [2.24, 2.45) is 23.2 Å². The van der Waals surface area contributed by atoms with Crippen LogP contribution in [0.3, 0.4) is 0 Å². The molecule has 17 atom stereocenters. The molecule has 650 valence electrons. The van der Waals surface area contributed by atoms with E-state index in [9.17, 15) is 89.4 Å². The SMILES string of the molecule is COC[C@@H]1C[C@@H](O)CN1C(=O)CCCCCCCCCCC(=O)CC(COCCC(=O)CCCCCC(=O)CCCCCC1OC(CO)C(O)C(O)C1C)(COCCC(=O)CCCCCC(=O)CCCCCC1OC(CO)C(O)C(O)C1C)COCCC(=O)NCCCNC(=O)CCCCCC1OC(CO)C(O)C(O)C1C. The Balaban J connectivity index is 1.27. The summed E-state index contributed by atoms with van der Waals surface area (Å²) in [5, 5.41) is 106. The summed E-state index contributed by atoms with van der Waals surface area (Å²) < 4.78 is 41.6. The van der Waals surface area contributed by atoms with Gasteiger partial charge in [-0.25, -0.2) is 0 Å². The molecule has 4 aliphatic heterocycles. The molecule has 4 aliphatic rings. The van der Waals surface area contributed by atoms with E-state index < -0.39 is 66.5 Å². The van der Waals surface area contributed by atoms with Crippen molar-refractivity contribution in [3.8, 4) is 0 Å². The minimum Gasteiger partial charge on any atom is -0.394 e. The maximum absolute atomic E-state index is 14.2. The third-order valence-corrected chi connectivity index (χ3v) is 23.2. The number of Topliss-reactive ketones (excluding diaryl/α,β-unsaturated/α-hetero) is 5. The Morgan fingerprint density at radius 3 is 1.06 bits per heavy atom. The molecule has 28 heteroatoms. The largest absolute Gasteiger partial charge is 0.394 e. The van der Waals surface area contributed by atoms with E-state index in [0.717, 1.165) is 83.5 Å². The van der Waals surface area contributed by atoms with Crippen molar-refractivity contribution in [2.75, 3.05) is 92.8 Å². The molecule has 0 aromatic carbocycles. The van der Waals surface area contributed by atoms with Crippen molar-refractivity contribution in [3.63, 3.8) is 0 Å². The zero-order chi connectivity index (χ0) is 82.1. The number of methoxy groups -OCH3 is 1. The Morgan fingerprint density at radius 2 is 0.688 bits per heavy atom. The first-order valence-electron chi connectivity index (χ1n) is 43.1. The summed E-state index contributed by atoms with van der Waals surface area (Å²) in [6.45, 7) is 5.76. The monoisotopic (exact) mass is 1600 g/mol. The lowest BCUT2D eigenvalue weighted by Crippen LogP contribution is -2.54. The first-order valence-corrected chi connectivity index (χ1v) is 43.1. The number of ether oxygens (including phenoxy) is 7. The number of ketones is 5. The molecule has 0 spiro atoms. The fraction of sp³-hybridized carbons (Fsp3) is 0.905. The van der Waals surface area contributed by atoms with E-state index in [4.69, 9.17) is 33.2 Å². The fourth-order valence-corrected chi connectivity index (χ4v) is 15.9. The number of unbranched alkanes of at least 4 members (excludes halogenated alkanes) is 17. The van der Waals surface area contributed by atoms with Crippen LogP contribution in [0, 0.1) is 23.2 Å². The van der Waals surface area contributed by atoms with Crippen molar-refractivity contribution in [1.29, 1.82) is 0 Å². The maximum atomic E-state index is 14.2. The summed E-state index contributed by atoms with van der Waals surface area (Å²) in [7, 11) is 1.60. The Morgan fingerprint density at radius 1 is 0.375 bits per heavy atom.